The number of nitrogens with zero attached hydrogens (tertiary/aromatic N) is 4. The Kier molecular flexibility index (Phi) is 8.67. The fourth-order valence-electron chi connectivity index (χ4n) is 8.56. The molecule has 1 unspecified atom stereocenters. The van der Waals surface area contributed by atoms with E-state index in [2.05, 4.69) is 4.90 Å². The minimum absolute atomic E-state index is 0.00274. The zero-order valence-electron chi connectivity index (χ0n) is 29.4. The first-order valence-electron chi connectivity index (χ1n) is 17.2. The second-order valence-electron chi connectivity index (χ2n) is 14.5. The number of ketones is 2. The Hall–Kier alpha value is -5.18. The highest BCUT2D eigenvalue weighted by Gasteiger charge is 2.64. The van der Waals surface area contributed by atoms with Gasteiger partial charge >= 0.3 is 0 Å². The first kappa shape index (κ1) is 35.2. The molecule has 1 saturated carbocycles. The zero-order valence-corrected chi connectivity index (χ0v) is 29.4. The van der Waals surface area contributed by atoms with Crippen molar-refractivity contribution >= 4 is 34.6 Å². The maximum Gasteiger partial charge on any atom is 0.255 e. The van der Waals surface area contributed by atoms with E-state index in [4.69, 9.17) is 10.2 Å². The number of Topliss-reactive ketones (excluding diaryl/α,β-unsaturated/α-hetero) is 2. The molecule has 13 nitrogen and oxygen atoms in total. The minimum Gasteiger partial charge on any atom is -0.508 e. The van der Waals surface area contributed by atoms with Crippen molar-refractivity contribution < 1.29 is 43.6 Å². The predicted octanol–water partition coefficient (Wildman–Crippen LogP) is 2.75. The average molecular weight is 716 g/mol. The van der Waals surface area contributed by atoms with Gasteiger partial charge in [0.2, 0.25) is 5.78 Å². The van der Waals surface area contributed by atoms with E-state index in [0.29, 0.717) is 61.2 Å². The lowest BCUT2D eigenvalue weighted by atomic mass is 9.57. The molecule has 2 aromatic carbocycles. The normalized spacial score (nSPS) is 25.0. The zero-order chi connectivity index (χ0) is 37.4. The van der Waals surface area contributed by atoms with Crippen LogP contribution in [-0.4, -0.2) is 114 Å². The summed E-state index contributed by atoms with van der Waals surface area (Å²) in [5, 5.41) is 46.7. The van der Waals surface area contributed by atoms with Crippen molar-refractivity contribution in [2.75, 3.05) is 64.2 Å². The lowest BCUT2D eigenvalue weighted by Crippen LogP contribution is -2.65. The highest BCUT2D eigenvalue weighted by Crippen LogP contribution is 2.55. The SMILES string of the molecule is CN(C)c1cc(-c2ccc(CN3CCN(c4ccccc4F)CC3)o2)c(O)c2c1C[C@H]1C[C@H]3C(N(C)C)C(=O)C(C(N)=O)=C(O)[C@@]3(O)C(=O)C1=C2O. The van der Waals surface area contributed by atoms with Gasteiger partial charge in [0.05, 0.1) is 29.4 Å². The van der Waals surface area contributed by atoms with Crippen LogP contribution in [0.5, 0.6) is 5.75 Å². The van der Waals surface area contributed by atoms with Crippen LogP contribution in [0.1, 0.15) is 23.3 Å². The van der Waals surface area contributed by atoms with Crippen LogP contribution < -0.4 is 15.5 Å². The molecule has 7 rings (SSSR count). The molecule has 14 heteroatoms. The summed E-state index contributed by atoms with van der Waals surface area (Å²) in [4.78, 5) is 47.5. The molecule has 3 aliphatic carbocycles. The summed E-state index contributed by atoms with van der Waals surface area (Å²) < 4.78 is 20.6. The fourth-order valence-corrected chi connectivity index (χ4v) is 8.56. The fraction of sp³-hybridized carbons (Fsp3) is 0.395. The minimum atomic E-state index is -2.72. The molecular weight excluding hydrogens is 673 g/mol. The smallest absolute Gasteiger partial charge is 0.255 e. The highest BCUT2D eigenvalue weighted by molar-refractivity contribution is 6.24. The van der Waals surface area contributed by atoms with Crippen LogP contribution in [0.25, 0.3) is 17.1 Å². The van der Waals surface area contributed by atoms with Crippen molar-refractivity contribution in [1.29, 1.82) is 0 Å². The third-order valence-electron chi connectivity index (χ3n) is 11.1. The van der Waals surface area contributed by atoms with Gasteiger partial charge in [-0.3, -0.25) is 24.2 Å². The van der Waals surface area contributed by atoms with E-state index in [1.807, 2.05) is 30.0 Å². The molecule has 1 aromatic heterocycles. The summed E-state index contributed by atoms with van der Waals surface area (Å²) in [6.07, 6.45) is 0.162. The van der Waals surface area contributed by atoms with E-state index in [-0.39, 0.29) is 41.1 Å². The Morgan fingerprint density at radius 2 is 1.73 bits per heavy atom. The quantitative estimate of drug-likeness (QED) is 0.226. The number of halogens is 1. The van der Waals surface area contributed by atoms with Gasteiger partial charge < -0.3 is 40.4 Å². The summed E-state index contributed by atoms with van der Waals surface area (Å²) in [5.41, 5.74) is 3.65. The summed E-state index contributed by atoms with van der Waals surface area (Å²) >= 11 is 0. The van der Waals surface area contributed by atoms with Gasteiger partial charge in [-0.15, -0.1) is 0 Å². The topological polar surface area (TPSA) is 184 Å². The molecule has 52 heavy (non-hydrogen) atoms. The van der Waals surface area contributed by atoms with Gasteiger partial charge in [-0.1, -0.05) is 12.1 Å². The largest absolute Gasteiger partial charge is 0.508 e. The Morgan fingerprint density at radius 3 is 2.37 bits per heavy atom. The number of amides is 1. The van der Waals surface area contributed by atoms with Gasteiger partial charge in [0.1, 0.15) is 40.2 Å². The van der Waals surface area contributed by atoms with Gasteiger partial charge in [0.15, 0.2) is 11.4 Å². The van der Waals surface area contributed by atoms with Gasteiger partial charge in [-0.25, -0.2) is 4.39 Å². The number of anilines is 2. The summed E-state index contributed by atoms with van der Waals surface area (Å²) in [7, 11) is 6.74. The monoisotopic (exact) mass is 715 g/mol. The third-order valence-corrected chi connectivity index (χ3v) is 11.1. The number of furan rings is 1. The molecule has 1 aliphatic heterocycles. The van der Waals surface area contributed by atoms with Gasteiger partial charge in [-0.05, 0) is 68.8 Å². The number of para-hydroxylation sites is 1. The van der Waals surface area contributed by atoms with E-state index in [1.165, 1.54) is 11.0 Å². The standard InChI is InChI=1S/C38H42FN5O8/c1-41(2)26-17-22(27-10-9-20(52-27)18-43-11-13-44(14-12-43)25-8-6-5-7-24(25)39)32(45)29-21(26)15-19-16-23-31(42(3)4)34(47)30(37(40)50)36(49)38(23,51)35(48)28(19)33(29)46/h5-10,17,19,23,31,45-46,49,51H,11-16,18H2,1-4H3,(H2,40,50)/t19-,23-,31?,38-/m0/s1. The number of benzene rings is 2. The van der Waals surface area contributed by atoms with Crippen LogP contribution in [0.4, 0.5) is 15.8 Å². The van der Waals surface area contributed by atoms with Crippen LogP contribution in [0.3, 0.4) is 0 Å². The number of nitrogens with two attached hydrogens (primary N) is 1. The number of piperazine rings is 1. The van der Waals surface area contributed by atoms with Crippen LogP contribution in [0.2, 0.25) is 0 Å². The second-order valence-corrected chi connectivity index (χ2v) is 14.5. The third kappa shape index (κ3) is 5.35. The molecular formula is C38H42FN5O8. The van der Waals surface area contributed by atoms with Crippen LogP contribution in [-0.2, 0) is 27.3 Å². The molecule has 0 radical (unpaired) electrons. The van der Waals surface area contributed by atoms with E-state index >= 15 is 0 Å². The first-order chi connectivity index (χ1) is 24.6. The van der Waals surface area contributed by atoms with E-state index in [0.717, 1.165) is 0 Å². The van der Waals surface area contributed by atoms with Crippen molar-refractivity contribution in [2.45, 2.75) is 31.0 Å². The van der Waals surface area contributed by atoms with E-state index < -0.39 is 58.0 Å². The number of hydrogen-bond donors (Lipinski definition) is 5. The number of carbonyl (C=O) groups is 3. The Labute approximate surface area is 299 Å². The van der Waals surface area contributed by atoms with Gasteiger partial charge in [-0.2, -0.15) is 0 Å². The maximum absolute atomic E-state index is 14.3. The summed E-state index contributed by atoms with van der Waals surface area (Å²) in [6, 6.07) is 10.8. The van der Waals surface area contributed by atoms with E-state index in [1.54, 1.807) is 44.4 Å². The summed E-state index contributed by atoms with van der Waals surface area (Å²) in [6.45, 7) is 3.11. The molecule has 4 aliphatic rings. The number of fused-ring (bicyclic) bond motifs is 3. The summed E-state index contributed by atoms with van der Waals surface area (Å²) in [5.74, 6) is -6.36. The number of phenolic OH excluding ortho intramolecular Hbond substituents is 1. The molecule has 1 saturated heterocycles. The number of primary amides is 1. The Morgan fingerprint density at radius 1 is 1.04 bits per heavy atom. The number of rotatable bonds is 7. The van der Waals surface area contributed by atoms with Gasteiger partial charge in [0, 0.05) is 57.5 Å². The van der Waals surface area contributed by atoms with Crippen molar-refractivity contribution in [2.24, 2.45) is 17.6 Å². The molecule has 6 N–H and O–H groups in total. The molecule has 0 spiro atoms. The maximum atomic E-state index is 14.3. The number of aliphatic hydroxyl groups is 3. The number of carbonyl (C=O) groups excluding carboxylic acids is 3. The molecule has 2 fully saturated rings. The molecule has 2 heterocycles. The Bertz CT molecular complexity index is 2060. The number of likely N-dealkylation sites (N-methyl/N-ethyl adjacent to an activating group) is 1. The van der Waals surface area contributed by atoms with Crippen LogP contribution >= 0.6 is 0 Å². The van der Waals surface area contributed by atoms with E-state index in [9.17, 15) is 39.2 Å². The van der Waals surface area contributed by atoms with Crippen molar-refractivity contribution in [1.82, 2.24) is 9.80 Å². The second kappa shape index (κ2) is 12.8. The lowest BCUT2D eigenvalue weighted by molar-refractivity contribution is -0.153. The molecule has 1 amide bonds. The highest BCUT2D eigenvalue weighted by atomic mass is 19.1. The number of aliphatic hydroxyl groups excluding tert-OH is 2. The first-order valence-corrected chi connectivity index (χ1v) is 17.2. The van der Waals surface area contributed by atoms with Crippen molar-refractivity contribution in [3.8, 4) is 17.1 Å². The number of aromatic hydroxyl groups is 1. The van der Waals surface area contributed by atoms with Crippen LogP contribution in [0, 0.1) is 17.7 Å². The molecule has 3 aromatic rings. The Balaban J connectivity index is 1.23. The number of hydrogen-bond acceptors (Lipinski definition) is 12. The predicted molar refractivity (Wildman–Crippen MR) is 190 cm³/mol. The molecule has 0 bridgehead atoms. The van der Waals surface area contributed by atoms with Gasteiger partial charge in [0.25, 0.3) is 5.91 Å². The van der Waals surface area contributed by atoms with Crippen molar-refractivity contribution in [3.05, 3.63) is 82.1 Å². The lowest BCUT2D eigenvalue weighted by Gasteiger charge is -2.50. The number of phenols is 1. The van der Waals surface area contributed by atoms with Crippen LogP contribution in [0.15, 0.2) is 63.8 Å². The average Bonchev–Trinajstić information content (AvgIpc) is 3.54. The van der Waals surface area contributed by atoms with Crippen molar-refractivity contribution in [3.63, 3.8) is 0 Å². The molecule has 274 valence electrons. The molecule has 4 atom stereocenters.